The number of para-hydroxylation sites is 1. The fourth-order valence-electron chi connectivity index (χ4n) is 2.25. The molecule has 9 heteroatoms. The van der Waals surface area contributed by atoms with E-state index in [9.17, 15) is 9.59 Å². The smallest absolute Gasteiger partial charge is 0.289 e. The van der Waals surface area contributed by atoms with Gasteiger partial charge in [-0.25, -0.2) is 4.68 Å². The summed E-state index contributed by atoms with van der Waals surface area (Å²) in [6, 6.07) is 16.4. The summed E-state index contributed by atoms with van der Waals surface area (Å²) in [6.07, 6.45) is 0. The lowest BCUT2D eigenvalue weighted by atomic mass is 10.3. The summed E-state index contributed by atoms with van der Waals surface area (Å²) >= 11 is 3.83. The van der Waals surface area contributed by atoms with E-state index in [2.05, 4.69) is 15.4 Å². The Kier molecular flexibility index (Phi) is 5.05. The largest absolute Gasteiger partial charge is 0.296 e. The van der Waals surface area contributed by atoms with Crippen molar-refractivity contribution in [3.8, 4) is 5.69 Å². The maximum absolute atomic E-state index is 12.4. The van der Waals surface area contributed by atoms with E-state index in [1.807, 2.05) is 47.2 Å². The van der Waals surface area contributed by atoms with Crippen LogP contribution >= 0.6 is 34.0 Å². The number of hydrogen-bond acceptors (Lipinski definition) is 6. The van der Waals surface area contributed by atoms with Gasteiger partial charge < -0.3 is 0 Å². The normalized spacial score (nSPS) is 11.5. The third-order valence-corrected chi connectivity index (χ3v) is 6.01. The Morgan fingerprint density at radius 3 is 2.30 bits per heavy atom. The Labute approximate surface area is 166 Å². The molecule has 3 aromatic heterocycles. The number of nitrogens with one attached hydrogen (secondary N) is 1. The quantitative estimate of drug-likeness (QED) is 0.549. The van der Waals surface area contributed by atoms with Crippen LogP contribution in [0.25, 0.3) is 5.69 Å². The molecule has 0 radical (unpaired) electrons. The van der Waals surface area contributed by atoms with Crippen molar-refractivity contribution >= 4 is 51.0 Å². The molecule has 4 rings (SSSR count). The van der Waals surface area contributed by atoms with Crippen molar-refractivity contribution in [3.05, 3.63) is 79.9 Å². The van der Waals surface area contributed by atoms with Crippen LogP contribution in [0.5, 0.6) is 0 Å². The topological polar surface area (TPSA) is 76.3 Å². The van der Waals surface area contributed by atoms with Gasteiger partial charge in [0.2, 0.25) is 9.93 Å². The van der Waals surface area contributed by atoms with Crippen molar-refractivity contribution in [2.45, 2.75) is 0 Å². The zero-order valence-corrected chi connectivity index (χ0v) is 16.2. The van der Waals surface area contributed by atoms with E-state index in [0.717, 1.165) is 17.0 Å². The Balaban J connectivity index is 1.73. The first-order valence-corrected chi connectivity index (χ1v) is 10.4. The lowest BCUT2D eigenvalue weighted by molar-refractivity contribution is 0.0999. The van der Waals surface area contributed by atoms with Gasteiger partial charge in [0.25, 0.3) is 11.8 Å². The zero-order chi connectivity index (χ0) is 18.6. The molecule has 0 spiro atoms. The molecule has 0 saturated heterocycles. The summed E-state index contributed by atoms with van der Waals surface area (Å²) in [4.78, 5) is 30.4. The average molecular weight is 413 g/mol. The molecule has 0 saturated carbocycles. The molecule has 0 aliphatic heterocycles. The Hall–Kier alpha value is -2.88. The Bertz CT molecular complexity index is 1130. The number of amides is 2. The van der Waals surface area contributed by atoms with Crippen LogP contribution in [0.1, 0.15) is 19.3 Å². The molecule has 0 unspecified atom stereocenters. The highest BCUT2D eigenvalue weighted by atomic mass is 32.1. The van der Waals surface area contributed by atoms with Crippen molar-refractivity contribution in [1.82, 2.24) is 9.78 Å². The van der Waals surface area contributed by atoms with Crippen molar-refractivity contribution in [2.75, 3.05) is 5.32 Å². The number of hydrogen-bond donors (Lipinski definition) is 1. The van der Waals surface area contributed by atoms with E-state index >= 15 is 0 Å². The SMILES string of the molecule is O=C(N=c1sc(NC(=O)c2cccs2)nn1-c1ccccc1)c1cccs1. The van der Waals surface area contributed by atoms with Crippen LogP contribution in [0, 0.1) is 0 Å². The van der Waals surface area contributed by atoms with E-state index in [1.54, 1.807) is 22.9 Å². The number of benzene rings is 1. The van der Waals surface area contributed by atoms with Gasteiger partial charge >= 0.3 is 0 Å². The van der Waals surface area contributed by atoms with E-state index in [4.69, 9.17) is 0 Å². The first-order valence-electron chi connectivity index (χ1n) is 7.84. The molecule has 0 fully saturated rings. The third-order valence-electron chi connectivity index (χ3n) is 3.46. The van der Waals surface area contributed by atoms with E-state index in [0.29, 0.717) is 19.7 Å². The molecule has 1 N–H and O–H groups in total. The first-order chi connectivity index (χ1) is 13.2. The zero-order valence-electron chi connectivity index (χ0n) is 13.7. The molecule has 0 atom stereocenters. The maximum Gasteiger partial charge on any atom is 0.289 e. The van der Waals surface area contributed by atoms with Crippen molar-refractivity contribution in [2.24, 2.45) is 4.99 Å². The van der Waals surface area contributed by atoms with Gasteiger partial charge in [-0.3, -0.25) is 14.9 Å². The molecule has 0 aliphatic carbocycles. The van der Waals surface area contributed by atoms with Gasteiger partial charge in [0.05, 0.1) is 15.4 Å². The van der Waals surface area contributed by atoms with Crippen LogP contribution in [0.4, 0.5) is 5.13 Å². The molecule has 134 valence electrons. The predicted molar refractivity (Wildman–Crippen MR) is 108 cm³/mol. The molecule has 4 aromatic rings. The second-order valence-corrected chi connectivity index (χ2v) is 8.11. The van der Waals surface area contributed by atoms with E-state index < -0.39 is 0 Å². The van der Waals surface area contributed by atoms with Crippen LogP contribution in [-0.4, -0.2) is 21.6 Å². The van der Waals surface area contributed by atoms with Crippen LogP contribution in [-0.2, 0) is 0 Å². The summed E-state index contributed by atoms with van der Waals surface area (Å²) in [5.41, 5.74) is 0.753. The number of aromatic nitrogens is 2. The highest BCUT2D eigenvalue weighted by Gasteiger charge is 2.14. The molecule has 3 heterocycles. The molecule has 2 amide bonds. The van der Waals surface area contributed by atoms with E-state index in [-0.39, 0.29) is 11.8 Å². The predicted octanol–water partition coefficient (Wildman–Crippen LogP) is 4.05. The molecular formula is C18H12N4O2S3. The summed E-state index contributed by atoms with van der Waals surface area (Å²) in [6.45, 7) is 0. The molecule has 27 heavy (non-hydrogen) atoms. The molecular weight excluding hydrogens is 400 g/mol. The van der Waals surface area contributed by atoms with Crippen LogP contribution < -0.4 is 10.1 Å². The van der Waals surface area contributed by atoms with E-state index in [1.165, 1.54) is 22.7 Å². The highest BCUT2D eigenvalue weighted by molar-refractivity contribution is 7.14. The summed E-state index contributed by atoms with van der Waals surface area (Å²) in [7, 11) is 0. The van der Waals surface area contributed by atoms with Crippen molar-refractivity contribution in [1.29, 1.82) is 0 Å². The highest BCUT2D eigenvalue weighted by Crippen LogP contribution is 2.16. The van der Waals surface area contributed by atoms with Gasteiger partial charge in [0, 0.05) is 0 Å². The van der Waals surface area contributed by atoms with Gasteiger partial charge in [-0.1, -0.05) is 41.7 Å². The van der Waals surface area contributed by atoms with Crippen LogP contribution in [0.15, 0.2) is 70.3 Å². The number of nitrogens with zero attached hydrogens (tertiary/aromatic N) is 3. The number of carbonyl (C=O) groups excluding carboxylic acids is 2. The summed E-state index contributed by atoms with van der Waals surface area (Å²) in [5, 5.41) is 11.2. The van der Waals surface area contributed by atoms with Gasteiger partial charge in [-0.15, -0.1) is 27.8 Å². The minimum Gasteiger partial charge on any atom is -0.296 e. The Morgan fingerprint density at radius 1 is 0.926 bits per heavy atom. The number of carbonyl (C=O) groups is 2. The van der Waals surface area contributed by atoms with Gasteiger partial charge in [0.15, 0.2) is 0 Å². The monoisotopic (exact) mass is 412 g/mol. The minimum atomic E-state index is -0.338. The Morgan fingerprint density at radius 2 is 1.63 bits per heavy atom. The molecule has 0 aliphatic rings. The van der Waals surface area contributed by atoms with Crippen molar-refractivity contribution < 1.29 is 9.59 Å². The number of rotatable bonds is 4. The minimum absolute atomic E-state index is 0.241. The molecule has 6 nitrogen and oxygen atoms in total. The summed E-state index contributed by atoms with van der Waals surface area (Å²) in [5.74, 6) is -0.579. The fraction of sp³-hybridized carbons (Fsp3) is 0. The lowest BCUT2D eigenvalue weighted by Gasteiger charge is -2.00. The van der Waals surface area contributed by atoms with Crippen molar-refractivity contribution in [3.63, 3.8) is 0 Å². The second kappa shape index (κ2) is 7.78. The average Bonchev–Trinajstić information content (AvgIpc) is 3.44. The number of anilines is 1. The molecule has 0 bridgehead atoms. The fourth-order valence-corrected chi connectivity index (χ4v) is 4.28. The second-order valence-electron chi connectivity index (χ2n) is 5.26. The maximum atomic E-state index is 12.4. The van der Waals surface area contributed by atoms with Gasteiger partial charge in [-0.05, 0) is 35.0 Å². The van der Waals surface area contributed by atoms with Gasteiger partial charge in [-0.2, -0.15) is 4.99 Å². The van der Waals surface area contributed by atoms with Gasteiger partial charge in [0.1, 0.15) is 0 Å². The van der Waals surface area contributed by atoms with Crippen LogP contribution in [0.2, 0.25) is 0 Å². The lowest BCUT2D eigenvalue weighted by Crippen LogP contribution is -2.16. The number of thiophene rings is 2. The summed E-state index contributed by atoms with van der Waals surface area (Å²) < 4.78 is 1.56. The molecule has 1 aromatic carbocycles. The standard InChI is InChI=1S/C18H12N4O2S3/c23-15(13-8-4-10-25-13)19-17-21-22(12-6-2-1-3-7-12)18(27-17)20-16(24)14-9-5-11-26-14/h1-11H,(H,19,21,23). The van der Waals surface area contributed by atoms with Crippen LogP contribution in [0.3, 0.4) is 0 Å². The first kappa shape index (κ1) is 17.5. The third kappa shape index (κ3) is 3.95.